The minimum absolute atomic E-state index is 0.0813. The van der Waals surface area contributed by atoms with E-state index in [1.165, 1.54) is 0 Å². The second-order valence-electron chi connectivity index (χ2n) is 4.47. The lowest BCUT2D eigenvalue weighted by molar-refractivity contribution is -0.109. The molecule has 2 aliphatic rings. The van der Waals surface area contributed by atoms with Gasteiger partial charge < -0.3 is 0 Å². The van der Waals surface area contributed by atoms with Crippen LogP contribution >= 0.6 is 0 Å². The van der Waals surface area contributed by atoms with Crippen LogP contribution in [0.2, 0.25) is 0 Å². The topological polar surface area (TPSA) is 30.0 Å². The largest absolute Gasteiger partial charge is 0.289 e. The zero-order valence-electron chi connectivity index (χ0n) is 9.55. The van der Waals surface area contributed by atoms with Crippen LogP contribution in [-0.2, 0) is 4.79 Å². The Kier molecular flexibility index (Phi) is 1.73. The maximum Gasteiger partial charge on any atom is 0.187 e. The summed E-state index contributed by atoms with van der Waals surface area (Å²) in [5.74, 6) is 0.0813. The van der Waals surface area contributed by atoms with Crippen LogP contribution in [0.5, 0.6) is 0 Å². The van der Waals surface area contributed by atoms with Gasteiger partial charge in [0.2, 0.25) is 0 Å². The summed E-state index contributed by atoms with van der Waals surface area (Å²) in [5, 5.41) is 3.17. The van der Waals surface area contributed by atoms with E-state index in [1.807, 2.05) is 30.3 Å². The minimum Gasteiger partial charge on any atom is -0.289 e. The molecule has 2 aromatic rings. The molecule has 4 rings (SSSR count). The van der Waals surface area contributed by atoms with Crippen LogP contribution in [0.15, 0.2) is 54.3 Å². The Morgan fingerprint density at radius 1 is 1.11 bits per heavy atom. The number of rotatable bonds is 0. The molecule has 0 saturated carbocycles. The van der Waals surface area contributed by atoms with E-state index in [1.54, 1.807) is 18.3 Å². The van der Waals surface area contributed by atoms with E-state index in [2.05, 4.69) is 11.1 Å². The van der Waals surface area contributed by atoms with E-state index >= 15 is 0 Å². The highest BCUT2D eigenvalue weighted by atomic mass is 16.1. The lowest BCUT2D eigenvalue weighted by atomic mass is 9.99. The molecule has 0 amide bonds. The molecule has 0 fully saturated rings. The number of pyridine rings is 1. The summed E-state index contributed by atoms with van der Waals surface area (Å²) in [6.07, 6.45) is 9.24. The summed E-state index contributed by atoms with van der Waals surface area (Å²) >= 11 is 0. The Labute approximate surface area is 103 Å². The van der Waals surface area contributed by atoms with Gasteiger partial charge in [-0.3, -0.25) is 9.78 Å². The molecule has 2 nitrogen and oxygen atoms in total. The summed E-state index contributed by atoms with van der Waals surface area (Å²) < 4.78 is 0. The Balaban J connectivity index is 2.27. The SMILES string of the molecule is O=C1C=CC=C2C=c3c(ccc4cccnc34)=C12. The summed E-state index contributed by atoms with van der Waals surface area (Å²) in [5.41, 5.74) is 2.77. The van der Waals surface area contributed by atoms with Gasteiger partial charge in [-0.05, 0) is 29.0 Å². The highest BCUT2D eigenvalue weighted by molar-refractivity contribution is 6.30. The molecule has 84 valence electrons. The smallest absolute Gasteiger partial charge is 0.187 e. The summed E-state index contributed by atoms with van der Waals surface area (Å²) in [7, 11) is 0. The van der Waals surface area contributed by atoms with Gasteiger partial charge in [0.05, 0.1) is 5.52 Å². The van der Waals surface area contributed by atoms with Gasteiger partial charge in [0, 0.05) is 22.4 Å². The van der Waals surface area contributed by atoms with Gasteiger partial charge in [-0.25, -0.2) is 0 Å². The van der Waals surface area contributed by atoms with Crippen LogP contribution in [0.25, 0.3) is 22.6 Å². The van der Waals surface area contributed by atoms with Gasteiger partial charge in [-0.2, -0.15) is 0 Å². The predicted octanol–water partition coefficient (Wildman–Crippen LogP) is 1.24. The lowest BCUT2D eigenvalue weighted by Gasteiger charge is -2.03. The molecule has 1 aromatic carbocycles. The van der Waals surface area contributed by atoms with Gasteiger partial charge in [-0.15, -0.1) is 0 Å². The molecule has 2 aliphatic carbocycles. The number of hydrogen-bond donors (Lipinski definition) is 0. The fourth-order valence-corrected chi connectivity index (χ4v) is 2.64. The summed E-state index contributed by atoms with van der Waals surface area (Å²) in [4.78, 5) is 16.4. The zero-order chi connectivity index (χ0) is 12.1. The standard InChI is InChI=1S/C16H9NO/c18-14-5-1-3-11-9-13-12(15(11)14)7-6-10-4-2-8-17-16(10)13/h1-9H. The lowest BCUT2D eigenvalue weighted by Crippen LogP contribution is -2.26. The molecule has 0 atom stereocenters. The molecular formula is C16H9NO. The number of fused-ring (bicyclic) bond motifs is 4. The van der Waals surface area contributed by atoms with Crippen molar-refractivity contribution in [3.63, 3.8) is 0 Å². The van der Waals surface area contributed by atoms with E-state index in [9.17, 15) is 4.79 Å². The van der Waals surface area contributed by atoms with Gasteiger partial charge >= 0.3 is 0 Å². The van der Waals surface area contributed by atoms with Gasteiger partial charge in [0.15, 0.2) is 5.78 Å². The monoisotopic (exact) mass is 231 g/mol. The Bertz CT molecular complexity index is 885. The molecule has 1 aromatic heterocycles. The number of aromatic nitrogens is 1. The van der Waals surface area contributed by atoms with Crippen LogP contribution in [0.3, 0.4) is 0 Å². The van der Waals surface area contributed by atoms with Crippen molar-refractivity contribution >= 4 is 28.3 Å². The van der Waals surface area contributed by atoms with Crippen molar-refractivity contribution in [1.82, 2.24) is 4.98 Å². The van der Waals surface area contributed by atoms with Crippen LogP contribution in [-0.4, -0.2) is 10.8 Å². The maximum absolute atomic E-state index is 12.0. The minimum atomic E-state index is 0.0813. The second-order valence-corrected chi connectivity index (χ2v) is 4.47. The van der Waals surface area contributed by atoms with E-state index in [0.29, 0.717) is 0 Å². The van der Waals surface area contributed by atoms with Crippen LogP contribution < -0.4 is 10.4 Å². The first-order valence-corrected chi connectivity index (χ1v) is 5.87. The number of benzene rings is 1. The van der Waals surface area contributed by atoms with Crippen molar-refractivity contribution < 1.29 is 4.79 Å². The number of hydrogen-bond acceptors (Lipinski definition) is 2. The van der Waals surface area contributed by atoms with Crippen molar-refractivity contribution in [3.05, 3.63) is 64.7 Å². The van der Waals surface area contributed by atoms with E-state index in [4.69, 9.17) is 0 Å². The van der Waals surface area contributed by atoms with Gasteiger partial charge in [-0.1, -0.05) is 30.4 Å². The summed E-state index contributed by atoms with van der Waals surface area (Å²) in [6, 6.07) is 8.01. The molecule has 1 heterocycles. The van der Waals surface area contributed by atoms with Crippen LogP contribution in [0.4, 0.5) is 0 Å². The molecule has 18 heavy (non-hydrogen) atoms. The van der Waals surface area contributed by atoms with Crippen molar-refractivity contribution in [2.24, 2.45) is 0 Å². The first kappa shape index (κ1) is 9.54. The van der Waals surface area contributed by atoms with Crippen LogP contribution in [0, 0.1) is 0 Å². The first-order valence-electron chi connectivity index (χ1n) is 5.87. The highest BCUT2D eigenvalue weighted by Gasteiger charge is 2.19. The first-order chi connectivity index (χ1) is 8.84. The number of ketones is 1. The molecule has 0 unspecified atom stereocenters. The number of carbonyl (C=O) groups is 1. The molecular weight excluding hydrogens is 222 g/mol. The number of allylic oxidation sites excluding steroid dienone is 4. The molecule has 0 saturated heterocycles. The molecule has 0 bridgehead atoms. The van der Waals surface area contributed by atoms with E-state index in [0.717, 1.165) is 32.5 Å². The van der Waals surface area contributed by atoms with Gasteiger partial charge in [0.1, 0.15) is 0 Å². The second kappa shape index (κ2) is 3.26. The molecule has 0 aliphatic heterocycles. The van der Waals surface area contributed by atoms with Crippen molar-refractivity contribution in [2.45, 2.75) is 0 Å². The highest BCUT2D eigenvalue weighted by Crippen LogP contribution is 2.21. The van der Waals surface area contributed by atoms with Crippen molar-refractivity contribution in [2.75, 3.05) is 0 Å². The maximum atomic E-state index is 12.0. The van der Waals surface area contributed by atoms with E-state index < -0.39 is 0 Å². The number of carbonyl (C=O) groups excluding carboxylic acids is 1. The van der Waals surface area contributed by atoms with Crippen LogP contribution in [0.1, 0.15) is 0 Å². The van der Waals surface area contributed by atoms with Crippen molar-refractivity contribution in [1.29, 1.82) is 0 Å². The average molecular weight is 231 g/mol. The third-order valence-corrected chi connectivity index (χ3v) is 3.44. The van der Waals surface area contributed by atoms with E-state index in [-0.39, 0.29) is 5.78 Å². The Hall–Kier alpha value is -2.48. The predicted molar refractivity (Wildman–Crippen MR) is 71.1 cm³/mol. The quantitative estimate of drug-likeness (QED) is 0.683. The Morgan fingerprint density at radius 2 is 2.06 bits per heavy atom. The van der Waals surface area contributed by atoms with Gasteiger partial charge in [0.25, 0.3) is 0 Å². The molecule has 0 radical (unpaired) electrons. The third-order valence-electron chi connectivity index (χ3n) is 3.44. The molecule has 0 N–H and O–H groups in total. The van der Waals surface area contributed by atoms with Crippen molar-refractivity contribution in [3.8, 4) is 0 Å². The molecule has 2 heteroatoms. The average Bonchev–Trinajstić information content (AvgIpc) is 2.79. The zero-order valence-corrected chi connectivity index (χ0v) is 9.55. The molecule has 0 spiro atoms. The number of nitrogens with zero attached hydrogens (tertiary/aromatic N) is 1. The fraction of sp³-hybridized carbons (Fsp3) is 0. The normalized spacial score (nSPS) is 16.3. The summed E-state index contributed by atoms with van der Waals surface area (Å²) in [6.45, 7) is 0. The Morgan fingerprint density at radius 3 is 3.00 bits per heavy atom. The third kappa shape index (κ3) is 1.12. The fourth-order valence-electron chi connectivity index (χ4n) is 2.64.